The standard InChI is InChI=1S/C13H18FNO5S/c1-5-15(13(2,3)12(16)17)21(18,19)9-6-7-11(20-4)10(14)8-9/h6-8H,5H2,1-4H3,(H,16,17). The average molecular weight is 319 g/mol. The zero-order valence-electron chi connectivity index (χ0n) is 12.3. The molecule has 0 aliphatic heterocycles. The monoisotopic (exact) mass is 319 g/mol. The summed E-state index contributed by atoms with van der Waals surface area (Å²) in [6.07, 6.45) is 0. The van der Waals surface area contributed by atoms with Gasteiger partial charge in [0.15, 0.2) is 11.6 Å². The van der Waals surface area contributed by atoms with Crippen LogP contribution < -0.4 is 4.74 Å². The molecular formula is C13H18FNO5S. The number of ether oxygens (including phenoxy) is 1. The maximum Gasteiger partial charge on any atom is 0.324 e. The van der Waals surface area contributed by atoms with Crippen molar-refractivity contribution in [3.05, 3.63) is 24.0 Å². The molecule has 0 aliphatic rings. The molecule has 0 radical (unpaired) electrons. The Morgan fingerprint density at radius 3 is 2.38 bits per heavy atom. The Labute approximate surface area is 123 Å². The molecule has 118 valence electrons. The molecule has 0 amide bonds. The molecule has 0 aromatic heterocycles. The fourth-order valence-electron chi connectivity index (χ4n) is 1.91. The summed E-state index contributed by atoms with van der Waals surface area (Å²) in [6, 6.07) is 3.18. The summed E-state index contributed by atoms with van der Waals surface area (Å²) < 4.78 is 44.3. The van der Waals surface area contributed by atoms with Gasteiger partial charge >= 0.3 is 5.97 Å². The number of hydrogen-bond donors (Lipinski definition) is 1. The molecule has 0 aliphatic carbocycles. The van der Waals surface area contributed by atoms with E-state index < -0.39 is 27.3 Å². The number of rotatable bonds is 6. The number of nitrogens with zero attached hydrogens (tertiary/aromatic N) is 1. The highest BCUT2D eigenvalue weighted by molar-refractivity contribution is 7.89. The number of aliphatic carboxylic acids is 1. The van der Waals surface area contributed by atoms with Crippen molar-refractivity contribution in [2.45, 2.75) is 31.2 Å². The van der Waals surface area contributed by atoms with Crippen LogP contribution in [0.15, 0.2) is 23.1 Å². The second kappa shape index (κ2) is 5.98. The molecule has 1 aromatic carbocycles. The third kappa shape index (κ3) is 3.16. The fourth-order valence-corrected chi connectivity index (χ4v) is 3.67. The third-order valence-corrected chi connectivity index (χ3v) is 5.29. The van der Waals surface area contributed by atoms with Gasteiger partial charge in [-0.05, 0) is 32.0 Å². The number of sulfonamides is 1. The van der Waals surface area contributed by atoms with Crippen molar-refractivity contribution in [2.24, 2.45) is 0 Å². The predicted octanol–water partition coefficient (Wildman–Crippen LogP) is 1.71. The highest BCUT2D eigenvalue weighted by Crippen LogP contribution is 2.27. The van der Waals surface area contributed by atoms with Crippen molar-refractivity contribution in [2.75, 3.05) is 13.7 Å². The van der Waals surface area contributed by atoms with E-state index in [0.717, 1.165) is 10.4 Å². The van der Waals surface area contributed by atoms with Gasteiger partial charge in [0.1, 0.15) is 5.54 Å². The molecule has 0 saturated carbocycles. The highest BCUT2D eigenvalue weighted by Gasteiger charge is 2.42. The third-order valence-electron chi connectivity index (χ3n) is 3.15. The minimum Gasteiger partial charge on any atom is -0.494 e. The molecule has 1 aromatic rings. The summed E-state index contributed by atoms with van der Waals surface area (Å²) >= 11 is 0. The maximum atomic E-state index is 13.7. The van der Waals surface area contributed by atoms with Gasteiger partial charge in [0, 0.05) is 6.54 Å². The van der Waals surface area contributed by atoms with E-state index in [0.29, 0.717) is 0 Å². The van der Waals surface area contributed by atoms with Gasteiger partial charge in [-0.15, -0.1) is 0 Å². The molecule has 8 heteroatoms. The lowest BCUT2D eigenvalue weighted by Gasteiger charge is -2.33. The lowest BCUT2D eigenvalue weighted by molar-refractivity contribution is -0.146. The Morgan fingerprint density at radius 1 is 1.43 bits per heavy atom. The predicted molar refractivity (Wildman–Crippen MR) is 74.2 cm³/mol. The van der Waals surface area contributed by atoms with Gasteiger partial charge in [0.05, 0.1) is 12.0 Å². The van der Waals surface area contributed by atoms with Crippen LogP contribution in [0.1, 0.15) is 20.8 Å². The smallest absolute Gasteiger partial charge is 0.324 e. The van der Waals surface area contributed by atoms with Gasteiger partial charge in [-0.1, -0.05) is 6.92 Å². The second-order valence-electron chi connectivity index (χ2n) is 4.83. The van der Waals surface area contributed by atoms with E-state index >= 15 is 0 Å². The first-order chi connectivity index (χ1) is 9.58. The maximum absolute atomic E-state index is 13.7. The van der Waals surface area contributed by atoms with E-state index in [2.05, 4.69) is 0 Å². The van der Waals surface area contributed by atoms with E-state index in [1.807, 2.05) is 0 Å². The Morgan fingerprint density at radius 2 is 2.00 bits per heavy atom. The van der Waals surface area contributed by atoms with E-state index in [-0.39, 0.29) is 17.2 Å². The average Bonchev–Trinajstić information content (AvgIpc) is 2.38. The minimum absolute atomic E-state index is 0.0602. The molecule has 1 rings (SSSR count). The second-order valence-corrected chi connectivity index (χ2v) is 6.69. The largest absolute Gasteiger partial charge is 0.494 e. The number of carbonyl (C=O) groups is 1. The number of halogens is 1. The van der Waals surface area contributed by atoms with Crippen LogP contribution >= 0.6 is 0 Å². The topological polar surface area (TPSA) is 83.9 Å². The Kier molecular flexibility index (Phi) is 4.95. The summed E-state index contributed by atoms with van der Waals surface area (Å²) in [5.41, 5.74) is -1.65. The van der Waals surface area contributed by atoms with Crippen LogP contribution in [-0.4, -0.2) is 43.0 Å². The van der Waals surface area contributed by atoms with Crippen LogP contribution in [0, 0.1) is 5.82 Å². The molecule has 0 unspecified atom stereocenters. The number of carboxylic acid groups (broad SMARTS) is 1. The van der Waals surface area contributed by atoms with Crippen molar-refractivity contribution in [3.63, 3.8) is 0 Å². The summed E-state index contributed by atoms with van der Waals surface area (Å²) in [5, 5.41) is 9.19. The van der Waals surface area contributed by atoms with Crippen molar-refractivity contribution in [1.82, 2.24) is 4.31 Å². The van der Waals surface area contributed by atoms with E-state index in [1.165, 1.54) is 40.0 Å². The zero-order chi connectivity index (χ0) is 16.4. The van der Waals surface area contributed by atoms with Gasteiger partial charge in [-0.3, -0.25) is 4.79 Å². The van der Waals surface area contributed by atoms with Crippen LogP contribution in [0.2, 0.25) is 0 Å². The van der Waals surface area contributed by atoms with Crippen LogP contribution in [0.5, 0.6) is 5.75 Å². The van der Waals surface area contributed by atoms with Crippen LogP contribution in [0.3, 0.4) is 0 Å². The molecule has 1 N–H and O–H groups in total. The van der Waals surface area contributed by atoms with Gasteiger partial charge in [-0.25, -0.2) is 12.8 Å². The first kappa shape index (κ1) is 17.4. The molecule has 0 spiro atoms. The van der Waals surface area contributed by atoms with Gasteiger partial charge in [0.2, 0.25) is 10.0 Å². The van der Waals surface area contributed by atoms with Crippen LogP contribution in [-0.2, 0) is 14.8 Å². The van der Waals surface area contributed by atoms with E-state index in [4.69, 9.17) is 4.74 Å². The number of hydrogen-bond acceptors (Lipinski definition) is 4. The Bertz CT molecular complexity index is 642. The van der Waals surface area contributed by atoms with Gasteiger partial charge in [-0.2, -0.15) is 4.31 Å². The summed E-state index contributed by atoms with van der Waals surface area (Å²) in [4.78, 5) is 10.9. The van der Waals surface area contributed by atoms with Crippen molar-refractivity contribution in [1.29, 1.82) is 0 Å². The normalized spacial score (nSPS) is 12.5. The summed E-state index contributed by atoms with van der Waals surface area (Å²) in [7, 11) is -2.88. The number of benzene rings is 1. The first-order valence-electron chi connectivity index (χ1n) is 6.18. The molecular weight excluding hydrogens is 301 g/mol. The lowest BCUT2D eigenvalue weighted by atomic mass is 10.1. The first-order valence-corrected chi connectivity index (χ1v) is 7.62. The van der Waals surface area contributed by atoms with Crippen molar-refractivity contribution >= 4 is 16.0 Å². The fraction of sp³-hybridized carbons (Fsp3) is 0.462. The molecule has 0 saturated heterocycles. The Balaban J connectivity index is 3.38. The lowest BCUT2D eigenvalue weighted by Crippen LogP contribution is -2.52. The van der Waals surface area contributed by atoms with Crippen molar-refractivity contribution < 1.29 is 27.4 Å². The summed E-state index contributed by atoms with van der Waals surface area (Å²) in [6.45, 7) is 4.00. The Hall–Kier alpha value is -1.67. The molecule has 0 atom stereocenters. The molecule has 0 fully saturated rings. The number of carboxylic acids is 1. The van der Waals surface area contributed by atoms with Crippen LogP contribution in [0.4, 0.5) is 4.39 Å². The van der Waals surface area contributed by atoms with Crippen LogP contribution in [0.25, 0.3) is 0 Å². The number of likely N-dealkylation sites (N-methyl/N-ethyl adjacent to an activating group) is 1. The van der Waals surface area contributed by atoms with Gasteiger partial charge in [0.25, 0.3) is 0 Å². The van der Waals surface area contributed by atoms with E-state index in [9.17, 15) is 22.7 Å². The van der Waals surface area contributed by atoms with Gasteiger partial charge < -0.3 is 9.84 Å². The van der Waals surface area contributed by atoms with Crippen molar-refractivity contribution in [3.8, 4) is 5.75 Å². The molecule has 6 nitrogen and oxygen atoms in total. The SMILES string of the molecule is CCN(C(C)(C)C(=O)O)S(=O)(=O)c1ccc(OC)c(F)c1. The quantitative estimate of drug-likeness (QED) is 0.863. The zero-order valence-corrected chi connectivity index (χ0v) is 13.1. The summed E-state index contributed by atoms with van der Waals surface area (Å²) in [5.74, 6) is -2.21. The molecule has 0 bridgehead atoms. The minimum atomic E-state index is -4.14. The van der Waals surface area contributed by atoms with E-state index in [1.54, 1.807) is 0 Å². The molecule has 0 heterocycles. The number of methoxy groups -OCH3 is 1. The molecule has 21 heavy (non-hydrogen) atoms. The highest BCUT2D eigenvalue weighted by atomic mass is 32.2.